The highest BCUT2D eigenvalue weighted by molar-refractivity contribution is 7.80. The molecule has 1 unspecified atom stereocenters. The Morgan fingerprint density at radius 3 is 2.62 bits per heavy atom. The Bertz CT molecular complexity index is 86.1. The average Bonchev–Trinajstić information content (AvgIpc) is 1.67. The van der Waals surface area contributed by atoms with Gasteiger partial charge in [-0.05, 0) is 6.92 Å². The van der Waals surface area contributed by atoms with Crippen LogP contribution in [-0.4, -0.2) is 23.0 Å². The third kappa shape index (κ3) is 2.87. The van der Waals surface area contributed by atoms with Crippen molar-refractivity contribution in [2.75, 3.05) is 5.88 Å². The first kappa shape index (κ1) is 7.78. The van der Waals surface area contributed by atoms with Gasteiger partial charge in [0.15, 0.2) is 0 Å². The molecule has 2 N–H and O–H groups in total. The van der Waals surface area contributed by atoms with Crippen LogP contribution in [0.4, 0.5) is 0 Å². The van der Waals surface area contributed by atoms with Crippen molar-refractivity contribution in [1.29, 1.82) is 0 Å². The largest absolute Gasteiger partial charge is 0.480 e. The predicted octanol–water partition coefficient (Wildman–Crippen LogP) is -0.0636. The van der Waals surface area contributed by atoms with Gasteiger partial charge in [0, 0.05) is 5.88 Å². The third-order valence-electron chi connectivity index (χ3n) is 0.768. The molecule has 0 radical (unpaired) electrons. The fourth-order valence-corrected chi connectivity index (χ4v) is 0.498. The Hall–Kier alpha value is -0.220. The molecule has 0 saturated carbocycles. The summed E-state index contributed by atoms with van der Waals surface area (Å²) in [6.07, 6.45) is 0. The zero-order valence-electron chi connectivity index (χ0n) is 4.59. The van der Waals surface area contributed by atoms with E-state index in [2.05, 4.69) is 17.9 Å². The maximum Gasteiger partial charge on any atom is 0.320 e. The third-order valence-corrected chi connectivity index (χ3v) is 0.950. The van der Waals surface area contributed by atoms with E-state index < -0.39 is 12.0 Å². The minimum atomic E-state index is -0.848. The van der Waals surface area contributed by atoms with Crippen molar-refractivity contribution in [1.82, 2.24) is 5.32 Å². The molecule has 0 spiro atoms. The molecule has 0 aliphatic carbocycles. The summed E-state index contributed by atoms with van der Waals surface area (Å²) in [5, 5.41) is 10.8. The quantitative estimate of drug-likeness (QED) is 0.375. The van der Waals surface area contributed by atoms with Crippen LogP contribution in [0.25, 0.3) is 0 Å². The lowest BCUT2D eigenvalue weighted by atomic mass is 10.4. The van der Waals surface area contributed by atoms with Crippen molar-refractivity contribution in [2.45, 2.75) is 13.0 Å². The Morgan fingerprint density at radius 2 is 2.50 bits per heavy atom. The fourth-order valence-electron chi connectivity index (χ4n) is 0.224. The molecule has 0 aliphatic heterocycles. The first-order chi connectivity index (χ1) is 3.68. The highest BCUT2D eigenvalue weighted by Gasteiger charge is 2.06. The van der Waals surface area contributed by atoms with E-state index in [1.165, 1.54) is 0 Å². The predicted molar refractivity (Wildman–Crippen MR) is 34.1 cm³/mol. The van der Waals surface area contributed by atoms with Crippen molar-refractivity contribution in [3.8, 4) is 0 Å². The summed E-state index contributed by atoms with van der Waals surface area (Å²) < 4.78 is 0. The van der Waals surface area contributed by atoms with E-state index in [0.29, 0.717) is 5.88 Å². The molecule has 4 heteroatoms. The highest BCUT2D eigenvalue weighted by atomic mass is 32.1. The van der Waals surface area contributed by atoms with Crippen molar-refractivity contribution in [3.63, 3.8) is 0 Å². The van der Waals surface area contributed by atoms with Gasteiger partial charge in [-0.25, -0.2) is 0 Å². The number of thiol groups is 1. The molecule has 0 saturated heterocycles. The maximum absolute atomic E-state index is 9.99. The number of carbonyl (C=O) groups is 1. The molecule has 0 heterocycles. The van der Waals surface area contributed by atoms with Gasteiger partial charge in [-0.15, -0.1) is 0 Å². The summed E-state index contributed by atoms with van der Waals surface area (Å²) in [6.45, 7) is 1.57. The van der Waals surface area contributed by atoms with E-state index >= 15 is 0 Å². The lowest BCUT2D eigenvalue weighted by Crippen LogP contribution is -2.32. The molecule has 0 rings (SSSR count). The molecule has 0 aromatic rings. The van der Waals surface area contributed by atoms with E-state index in [-0.39, 0.29) is 0 Å². The Labute approximate surface area is 53.5 Å². The van der Waals surface area contributed by atoms with Crippen LogP contribution < -0.4 is 5.32 Å². The molecule has 0 bridgehead atoms. The molecule has 0 fully saturated rings. The summed E-state index contributed by atoms with van der Waals surface area (Å²) in [5.74, 6) is -0.452. The van der Waals surface area contributed by atoms with E-state index in [1.807, 2.05) is 0 Å². The highest BCUT2D eigenvalue weighted by Crippen LogP contribution is 1.79. The second kappa shape index (κ2) is 3.74. The van der Waals surface area contributed by atoms with Crippen molar-refractivity contribution < 1.29 is 9.90 Å². The molecular weight excluding hydrogens is 126 g/mol. The van der Waals surface area contributed by atoms with Crippen LogP contribution in [0.3, 0.4) is 0 Å². The van der Waals surface area contributed by atoms with E-state index in [1.54, 1.807) is 6.92 Å². The SMILES string of the molecule is CC(NCS)C(=O)O. The summed E-state index contributed by atoms with van der Waals surface area (Å²) in [7, 11) is 0. The lowest BCUT2D eigenvalue weighted by molar-refractivity contribution is -0.138. The number of aliphatic carboxylic acids is 1. The minimum absolute atomic E-state index is 0.396. The number of carboxylic acids is 1. The van der Waals surface area contributed by atoms with Crippen LogP contribution in [0.2, 0.25) is 0 Å². The molecule has 8 heavy (non-hydrogen) atoms. The van der Waals surface area contributed by atoms with Crippen LogP contribution in [-0.2, 0) is 4.79 Å². The molecule has 3 nitrogen and oxygen atoms in total. The molecule has 0 aliphatic rings. The van der Waals surface area contributed by atoms with Crippen LogP contribution in [0.5, 0.6) is 0 Å². The van der Waals surface area contributed by atoms with Crippen LogP contribution in [0.15, 0.2) is 0 Å². The Kier molecular flexibility index (Phi) is 3.64. The summed E-state index contributed by atoms with van der Waals surface area (Å²) in [4.78, 5) is 9.99. The second-order valence-corrected chi connectivity index (χ2v) is 1.74. The molecule has 48 valence electrons. The van der Waals surface area contributed by atoms with Crippen molar-refractivity contribution in [3.05, 3.63) is 0 Å². The molecule has 1 atom stereocenters. The second-order valence-electron chi connectivity index (χ2n) is 1.42. The van der Waals surface area contributed by atoms with Crippen molar-refractivity contribution >= 4 is 18.6 Å². The number of carboxylic acid groups (broad SMARTS) is 1. The molecule has 0 aromatic carbocycles. The van der Waals surface area contributed by atoms with Gasteiger partial charge in [-0.2, -0.15) is 12.6 Å². The summed E-state index contributed by atoms with van der Waals surface area (Å²) >= 11 is 3.78. The van der Waals surface area contributed by atoms with Crippen LogP contribution in [0, 0.1) is 0 Å². The monoisotopic (exact) mass is 135 g/mol. The topological polar surface area (TPSA) is 49.3 Å². The van der Waals surface area contributed by atoms with Crippen LogP contribution >= 0.6 is 12.6 Å². The van der Waals surface area contributed by atoms with E-state index in [0.717, 1.165) is 0 Å². The maximum atomic E-state index is 9.99. The van der Waals surface area contributed by atoms with Crippen LogP contribution in [0.1, 0.15) is 6.92 Å². The normalized spacial score (nSPS) is 13.2. The summed E-state index contributed by atoms with van der Waals surface area (Å²) in [5.41, 5.74) is 0. The number of hydrogen-bond acceptors (Lipinski definition) is 3. The zero-order chi connectivity index (χ0) is 6.57. The average molecular weight is 135 g/mol. The Morgan fingerprint density at radius 1 is 2.00 bits per heavy atom. The number of rotatable bonds is 3. The van der Waals surface area contributed by atoms with E-state index in [4.69, 9.17) is 5.11 Å². The summed E-state index contributed by atoms with van der Waals surface area (Å²) in [6, 6.07) is -0.493. The number of nitrogens with one attached hydrogen (secondary N) is 1. The first-order valence-corrected chi connectivity index (χ1v) is 2.88. The van der Waals surface area contributed by atoms with Gasteiger partial charge >= 0.3 is 5.97 Å². The lowest BCUT2D eigenvalue weighted by Gasteiger charge is -2.03. The van der Waals surface area contributed by atoms with Gasteiger partial charge in [0.25, 0.3) is 0 Å². The van der Waals surface area contributed by atoms with Gasteiger partial charge < -0.3 is 5.11 Å². The minimum Gasteiger partial charge on any atom is -0.480 e. The van der Waals surface area contributed by atoms with Gasteiger partial charge in [-0.3, -0.25) is 10.1 Å². The standard InChI is InChI=1S/C4H9NO2S/c1-3(4(6)7)5-2-8/h3,5,8H,2H2,1H3,(H,6,7). The Balaban J connectivity index is 3.32. The fraction of sp³-hybridized carbons (Fsp3) is 0.750. The van der Waals surface area contributed by atoms with Gasteiger partial charge in [-0.1, -0.05) is 0 Å². The number of hydrogen-bond donors (Lipinski definition) is 3. The van der Waals surface area contributed by atoms with Gasteiger partial charge in [0.05, 0.1) is 0 Å². The van der Waals surface area contributed by atoms with Gasteiger partial charge in [0.1, 0.15) is 6.04 Å². The first-order valence-electron chi connectivity index (χ1n) is 2.25. The van der Waals surface area contributed by atoms with Gasteiger partial charge in [0.2, 0.25) is 0 Å². The van der Waals surface area contributed by atoms with E-state index in [9.17, 15) is 4.79 Å². The molecule has 0 aromatic heterocycles. The molecule has 0 amide bonds. The zero-order valence-corrected chi connectivity index (χ0v) is 5.48. The smallest absolute Gasteiger partial charge is 0.320 e. The van der Waals surface area contributed by atoms with Crippen molar-refractivity contribution in [2.24, 2.45) is 0 Å². The molecular formula is C4H9NO2S.